The molecule has 2 aromatic rings. The minimum atomic E-state index is -4.06. The molecule has 0 fully saturated rings. The van der Waals surface area contributed by atoms with Crippen LogP contribution in [0.5, 0.6) is 5.75 Å². The Hall–Kier alpha value is -2.56. The van der Waals surface area contributed by atoms with Crippen molar-refractivity contribution in [3.05, 3.63) is 58.6 Å². The van der Waals surface area contributed by atoms with Crippen molar-refractivity contribution in [3.8, 4) is 11.8 Å². The predicted molar refractivity (Wildman–Crippen MR) is 90.6 cm³/mol. The number of carbonyl (C=O) groups is 1. The lowest BCUT2D eigenvalue weighted by Crippen LogP contribution is -2.40. The van der Waals surface area contributed by atoms with Gasteiger partial charge in [0.15, 0.2) is 0 Å². The van der Waals surface area contributed by atoms with Crippen LogP contribution < -0.4 is 9.46 Å². The van der Waals surface area contributed by atoms with E-state index in [-0.39, 0.29) is 17.1 Å². The van der Waals surface area contributed by atoms with Gasteiger partial charge in [0, 0.05) is 5.02 Å². The van der Waals surface area contributed by atoms with Gasteiger partial charge in [0.1, 0.15) is 12.4 Å². The van der Waals surface area contributed by atoms with Crippen LogP contribution >= 0.6 is 11.6 Å². The highest BCUT2D eigenvalue weighted by Crippen LogP contribution is 2.30. The van der Waals surface area contributed by atoms with E-state index in [0.29, 0.717) is 17.2 Å². The molecule has 6 nitrogen and oxygen atoms in total. The summed E-state index contributed by atoms with van der Waals surface area (Å²) in [5.41, 5.74) is 0.947. The number of ether oxygens (including phenoxy) is 1. The maximum absolute atomic E-state index is 12.4. The lowest BCUT2D eigenvalue weighted by atomic mass is 9.96. The molecule has 2 aromatic carbocycles. The highest BCUT2D eigenvalue weighted by molar-refractivity contribution is 7.90. The number of nitrogens with zero attached hydrogens (tertiary/aromatic N) is 1. The van der Waals surface area contributed by atoms with Gasteiger partial charge in [-0.1, -0.05) is 17.7 Å². The summed E-state index contributed by atoms with van der Waals surface area (Å²) < 4.78 is 32.3. The zero-order valence-corrected chi connectivity index (χ0v) is 14.5. The van der Waals surface area contributed by atoms with Crippen LogP contribution in [0.4, 0.5) is 0 Å². The molecular formula is C17H13ClN2O4S. The van der Waals surface area contributed by atoms with Gasteiger partial charge in [-0.2, -0.15) is 5.26 Å². The van der Waals surface area contributed by atoms with Crippen molar-refractivity contribution in [3.63, 3.8) is 0 Å². The molecule has 0 bridgehead atoms. The summed E-state index contributed by atoms with van der Waals surface area (Å²) in [5, 5.41) is 9.39. The topological polar surface area (TPSA) is 96.3 Å². The second-order valence-electron chi connectivity index (χ2n) is 5.57. The maximum Gasteiger partial charge on any atom is 0.264 e. The van der Waals surface area contributed by atoms with E-state index in [4.69, 9.17) is 21.6 Å². The number of hydrogen-bond donors (Lipinski definition) is 1. The van der Waals surface area contributed by atoms with Crippen molar-refractivity contribution in [1.82, 2.24) is 4.72 Å². The van der Waals surface area contributed by atoms with Crippen LogP contribution in [0.1, 0.15) is 11.1 Å². The van der Waals surface area contributed by atoms with E-state index in [2.05, 4.69) is 0 Å². The number of fused-ring (bicyclic) bond motifs is 1. The maximum atomic E-state index is 12.4. The van der Waals surface area contributed by atoms with Crippen molar-refractivity contribution >= 4 is 27.5 Å². The third-order valence-corrected chi connectivity index (χ3v) is 5.39. The number of halogens is 1. The van der Waals surface area contributed by atoms with Gasteiger partial charge in [0.05, 0.1) is 22.4 Å². The number of amides is 1. The third kappa shape index (κ3) is 3.76. The van der Waals surface area contributed by atoms with E-state index >= 15 is 0 Å². The van der Waals surface area contributed by atoms with E-state index in [0.717, 1.165) is 5.56 Å². The van der Waals surface area contributed by atoms with E-state index in [1.54, 1.807) is 18.2 Å². The van der Waals surface area contributed by atoms with Gasteiger partial charge < -0.3 is 4.74 Å². The number of nitriles is 1. The van der Waals surface area contributed by atoms with Gasteiger partial charge in [-0.15, -0.1) is 0 Å². The molecule has 1 heterocycles. The molecule has 0 saturated heterocycles. The number of carbonyl (C=O) groups excluding carboxylic acids is 1. The molecule has 0 aromatic heterocycles. The van der Waals surface area contributed by atoms with Crippen LogP contribution in [0.2, 0.25) is 5.02 Å². The van der Waals surface area contributed by atoms with Crippen LogP contribution in [0.15, 0.2) is 47.4 Å². The molecule has 0 saturated carbocycles. The fraction of sp³-hybridized carbons (Fsp3) is 0.176. The first-order chi connectivity index (χ1) is 11.9. The summed E-state index contributed by atoms with van der Waals surface area (Å²) in [5.74, 6) is -0.675. The number of hydrogen-bond acceptors (Lipinski definition) is 5. The van der Waals surface area contributed by atoms with Crippen LogP contribution in [0.3, 0.4) is 0 Å². The van der Waals surface area contributed by atoms with Gasteiger partial charge in [0.2, 0.25) is 5.91 Å². The van der Waals surface area contributed by atoms with Crippen LogP contribution in [-0.2, 0) is 21.2 Å². The molecule has 0 spiro atoms. The molecule has 1 amide bonds. The molecule has 1 unspecified atom stereocenters. The molecule has 1 N–H and O–H groups in total. The quantitative estimate of drug-likeness (QED) is 0.886. The summed E-state index contributed by atoms with van der Waals surface area (Å²) in [7, 11) is -4.06. The molecule has 8 heteroatoms. The fourth-order valence-corrected chi connectivity index (χ4v) is 3.82. The van der Waals surface area contributed by atoms with Crippen molar-refractivity contribution in [2.75, 3.05) is 6.61 Å². The molecule has 1 atom stereocenters. The van der Waals surface area contributed by atoms with E-state index < -0.39 is 21.8 Å². The summed E-state index contributed by atoms with van der Waals surface area (Å²) >= 11 is 5.94. The second kappa shape index (κ2) is 6.75. The zero-order chi connectivity index (χ0) is 18.0. The van der Waals surface area contributed by atoms with Crippen LogP contribution in [0.25, 0.3) is 0 Å². The Bertz CT molecular complexity index is 982. The molecule has 0 radical (unpaired) electrons. The van der Waals surface area contributed by atoms with Gasteiger partial charge in [0.25, 0.3) is 10.0 Å². The number of rotatable bonds is 3. The SMILES string of the molecule is N#Cc1cccc(S(=O)(=O)NC(=O)C2COc3ccc(Cl)cc3C2)c1. The highest BCUT2D eigenvalue weighted by Gasteiger charge is 2.29. The lowest BCUT2D eigenvalue weighted by Gasteiger charge is -2.24. The van der Waals surface area contributed by atoms with Gasteiger partial charge >= 0.3 is 0 Å². The average molecular weight is 377 g/mol. The van der Waals surface area contributed by atoms with Gasteiger partial charge in [-0.3, -0.25) is 4.79 Å². The largest absolute Gasteiger partial charge is 0.492 e. The van der Waals surface area contributed by atoms with Gasteiger partial charge in [-0.25, -0.2) is 13.1 Å². The first-order valence-corrected chi connectivity index (χ1v) is 9.23. The Morgan fingerprint density at radius 1 is 1.28 bits per heavy atom. The van der Waals surface area contributed by atoms with Crippen molar-refractivity contribution in [2.24, 2.45) is 5.92 Å². The summed E-state index contributed by atoms with van der Waals surface area (Å²) in [6.45, 7) is 0.0776. The summed E-state index contributed by atoms with van der Waals surface area (Å²) in [6, 6.07) is 12.4. The van der Waals surface area contributed by atoms with Crippen molar-refractivity contribution < 1.29 is 17.9 Å². The predicted octanol–water partition coefficient (Wildman–Crippen LogP) is 2.27. The minimum absolute atomic E-state index is 0.0776. The molecule has 25 heavy (non-hydrogen) atoms. The monoisotopic (exact) mass is 376 g/mol. The Balaban J connectivity index is 1.77. The standard InChI is InChI=1S/C17H13ClN2O4S/c18-14-4-5-16-12(8-14)7-13(10-24-16)17(21)20-25(22,23)15-3-1-2-11(6-15)9-19/h1-6,8,13H,7,10H2,(H,20,21). The fourth-order valence-electron chi connectivity index (χ4n) is 2.54. The van der Waals surface area contributed by atoms with Gasteiger partial charge in [-0.05, 0) is 48.4 Å². The third-order valence-electron chi connectivity index (χ3n) is 3.81. The van der Waals surface area contributed by atoms with E-state index in [1.165, 1.54) is 24.3 Å². The number of benzene rings is 2. The molecule has 1 aliphatic heterocycles. The summed E-state index contributed by atoms with van der Waals surface area (Å²) in [4.78, 5) is 12.2. The zero-order valence-electron chi connectivity index (χ0n) is 12.9. The first kappa shape index (κ1) is 17.3. The van der Waals surface area contributed by atoms with Crippen molar-refractivity contribution in [2.45, 2.75) is 11.3 Å². The van der Waals surface area contributed by atoms with Crippen LogP contribution in [-0.4, -0.2) is 20.9 Å². The number of nitrogens with one attached hydrogen (secondary N) is 1. The minimum Gasteiger partial charge on any atom is -0.492 e. The first-order valence-electron chi connectivity index (χ1n) is 7.37. The Labute approximate surface area is 150 Å². The number of sulfonamides is 1. The normalized spacial score (nSPS) is 16.2. The van der Waals surface area contributed by atoms with E-state index in [9.17, 15) is 13.2 Å². The van der Waals surface area contributed by atoms with Crippen LogP contribution in [0, 0.1) is 17.2 Å². The van der Waals surface area contributed by atoms with Crippen molar-refractivity contribution in [1.29, 1.82) is 5.26 Å². The molecule has 3 rings (SSSR count). The Kier molecular flexibility index (Phi) is 4.66. The second-order valence-corrected chi connectivity index (χ2v) is 7.69. The Morgan fingerprint density at radius 2 is 2.08 bits per heavy atom. The molecule has 128 valence electrons. The summed E-state index contributed by atoms with van der Waals surface area (Å²) in [6.07, 6.45) is 0.329. The highest BCUT2D eigenvalue weighted by atomic mass is 35.5. The lowest BCUT2D eigenvalue weighted by molar-refractivity contribution is -0.124. The average Bonchev–Trinajstić information content (AvgIpc) is 2.60. The van der Waals surface area contributed by atoms with E-state index in [1.807, 2.05) is 10.8 Å². The smallest absolute Gasteiger partial charge is 0.264 e. The Morgan fingerprint density at radius 3 is 2.84 bits per heavy atom. The molecular weight excluding hydrogens is 364 g/mol. The molecule has 0 aliphatic carbocycles. The molecule has 1 aliphatic rings.